The molecule has 6 nitrogen and oxygen atoms in total. The van der Waals surface area contributed by atoms with Gasteiger partial charge in [-0.1, -0.05) is 27.5 Å². The third kappa shape index (κ3) is 5.83. The van der Waals surface area contributed by atoms with E-state index in [0.717, 1.165) is 36.4 Å². The number of nitrogens with one attached hydrogen (secondary N) is 1. The second kappa shape index (κ2) is 9.83. The molecule has 1 saturated heterocycles. The van der Waals surface area contributed by atoms with Gasteiger partial charge in [-0.3, -0.25) is 9.88 Å². The minimum atomic E-state index is -4.48. The van der Waals surface area contributed by atoms with E-state index in [1.165, 1.54) is 23.7 Å². The van der Waals surface area contributed by atoms with Crippen LogP contribution >= 0.6 is 38.9 Å². The van der Waals surface area contributed by atoms with Gasteiger partial charge in [0.25, 0.3) is 0 Å². The number of hydrogen-bond donors (Lipinski definition) is 2. The Hall–Kier alpha value is -1.79. The van der Waals surface area contributed by atoms with Crippen LogP contribution in [-0.2, 0) is 12.7 Å². The van der Waals surface area contributed by atoms with Crippen molar-refractivity contribution in [3.8, 4) is 11.3 Å². The number of likely N-dealkylation sites (tertiary alicyclic amines) is 1. The molecule has 12 heteroatoms. The molecule has 0 saturated carbocycles. The summed E-state index contributed by atoms with van der Waals surface area (Å²) < 4.78 is 40.6. The van der Waals surface area contributed by atoms with Crippen LogP contribution in [0.3, 0.4) is 0 Å². The molecule has 33 heavy (non-hydrogen) atoms. The van der Waals surface area contributed by atoms with E-state index in [1.54, 1.807) is 6.07 Å². The fourth-order valence-corrected chi connectivity index (χ4v) is 5.32. The molecule has 0 radical (unpaired) electrons. The van der Waals surface area contributed by atoms with Crippen LogP contribution in [0.4, 0.5) is 18.3 Å². The van der Waals surface area contributed by atoms with Gasteiger partial charge in [-0.05, 0) is 44.5 Å². The molecule has 0 spiro atoms. The number of anilines is 1. The molecule has 4 rings (SSSR count). The number of nitrogens with zero attached hydrogens (tertiary/aromatic N) is 4. The lowest BCUT2D eigenvalue weighted by Gasteiger charge is -2.20. The summed E-state index contributed by atoms with van der Waals surface area (Å²) in [5, 5.41) is 13.9. The summed E-state index contributed by atoms with van der Waals surface area (Å²) in [5.74, 6) is 0. The Labute approximate surface area is 206 Å². The minimum absolute atomic E-state index is 0.194. The summed E-state index contributed by atoms with van der Waals surface area (Å²) in [6.07, 6.45) is -0.893. The van der Waals surface area contributed by atoms with Gasteiger partial charge in [-0.15, -0.1) is 11.3 Å². The highest BCUT2D eigenvalue weighted by atomic mass is 79.9. The summed E-state index contributed by atoms with van der Waals surface area (Å²) >= 11 is 10.2. The first kappa shape index (κ1) is 24.3. The van der Waals surface area contributed by atoms with Crippen LogP contribution in [0.15, 0.2) is 35.1 Å². The van der Waals surface area contributed by atoms with Gasteiger partial charge in [-0.25, -0.2) is 9.97 Å². The van der Waals surface area contributed by atoms with Crippen LogP contribution in [-0.4, -0.2) is 37.5 Å². The van der Waals surface area contributed by atoms with Crippen molar-refractivity contribution >= 4 is 44.0 Å². The van der Waals surface area contributed by atoms with Gasteiger partial charge in [0, 0.05) is 27.5 Å². The predicted molar refractivity (Wildman–Crippen MR) is 125 cm³/mol. The average Bonchev–Trinajstić information content (AvgIpc) is 3.33. The Morgan fingerprint density at radius 3 is 2.73 bits per heavy atom. The molecule has 3 aromatic rings. The smallest absolute Gasteiger partial charge is 0.368 e. The molecule has 1 aliphatic rings. The van der Waals surface area contributed by atoms with E-state index in [4.69, 9.17) is 11.6 Å². The standard InChI is InChI=1S/C21H20BrClF3N5OS/c1-11-3-2-4-31(11)10-16-18(12-5-13(21(24,25)26)7-14(22)6-12)29-20(33-16)30-19(32)15-8-28-17(23)9-27-15/h5-9,11,19,32H,2-4,10H2,1H3,(H,29,30)/t11-,19?/m1/s1. The number of rotatable bonds is 6. The van der Waals surface area contributed by atoms with Crippen molar-refractivity contribution in [2.75, 3.05) is 11.9 Å². The van der Waals surface area contributed by atoms with Crippen LogP contribution in [0.1, 0.15) is 42.1 Å². The predicted octanol–water partition coefficient (Wildman–Crippen LogP) is 6.12. The first-order valence-electron chi connectivity index (χ1n) is 10.1. The molecule has 0 aliphatic carbocycles. The summed E-state index contributed by atoms with van der Waals surface area (Å²) in [4.78, 5) is 15.6. The SMILES string of the molecule is C[C@@H]1CCCN1Cc1sc(NC(O)c2cnc(Cl)cn2)nc1-c1cc(Br)cc(C(F)(F)F)c1. The summed E-state index contributed by atoms with van der Waals surface area (Å²) in [7, 11) is 0. The second-order valence-corrected chi connectivity index (χ2v) is 10.2. The lowest BCUT2D eigenvalue weighted by molar-refractivity contribution is -0.137. The zero-order valence-corrected chi connectivity index (χ0v) is 20.6. The minimum Gasteiger partial charge on any atom is -0.368 e. The normalized spacial score (nSPS) is 18.0. The molecule has 1 aromatic carbocycles. The molecule has 1 fully saturated rings. The number of alkyl halides is 3. The highest BCUT2D eigenvalue weighted by Gasteiger charge is 2.32. The fourth-order valence-electron chi connectivity index (χ4n) is 3.70. The first-order chi connectivity index (χ1) is 15.6. The number of hydrogen-bond acceptors (Lipinski definition) is 7. The molecule has 176 valence electrons. The molecule has 0 amide bonds. The van der Waals surface area contributed by atoms with E-state index >= 15 is 0 Å². The van der Waals surface area contributed by atoms with E-state index < -0.39 is 18.0 Å². The monoisotopic (exact) mass is 561 g/mol. The molecule has 3 heterocycles. The first-order valence-corrected chi connectivity index (χ1v) is 12.1. The molecular formula is C21H20BrClF3N5OS. The molecule has 2 aromatic heterocycles. The van der Waals surface area contributed by atoms with Crippen LogP contribution in [0.25, 0.3) is 11.3 Å². The maximum atomic E-state index is 13.4. The molecule has 2 atom stereocenters. The lowest BCUT2D eigenvalue weighted by Crippen LogP contribution is -2.25. The number of halogens is 5. The third-order valence-corrected chi connectivity index (χ3v) is 7.04. The van der Waals surface area contributed by atoms with E-state index in [2.05, 4.69) is 48.0 Å². The van der Waals surface area contributed by atoms with Gasteiger partial charge >= 0.3 is 6.18 Å². The van der Waals surface area contributed by atoms with Crippen molar-refractivity contribution in [2.24, 2.45) is 0 Å². The Morgan fingerprint density at radius 1 is 1.30 bits per heavy atom. The summed E-state index contributed by atoms with van der Waals surface area (Å²) in [5.41, 5.74) is 0.283. The number of aromatic nitrogens is 3. The molecule has 1 aliphatic heterocycles. The fraction of sp³-hybridized carbons (Fsp3) is 0.381. The highest BCUT2D eigenvalue weighted by molar-refractivity contribution is 9.10. The van der Waals surface area contributed by atoms with Crippen LogP contribution in [0.5, 0.6) is 0 Å². The van der Waals surface area contributed by atoms with Crippen molar-refractivity contribution in [2.45, 2.75) is 44.8 Å². The zero-order valence-electron chi connectivity index (χ0n) is 17.4. The zero-order chi connectivity index (χ0) is 23.8. The number of aliphatic hydroxyl groups is 1. The largest absolute Gasteiger partial charge is 0.416 e. The summed E-state index contributed by atoms with van der Waals surface area (Å²) in [6.45, 7) is 3.60. The van der Waals surface area contributed by atoms with Crippen molar-refractivity contribution in [3.63, 3.8) is 0 Å². The van der Waals surface area contributed by atoms with Gasteiger partial charge < -0.3 is 10.4 Å². The maximum Gasteiger partial charge on any atom is 0.416 e. The Bertz CT molecular complexity index is 1130. The van der Waals surface area contributed by atoms with Gasteiger partial charge in [-0.2, -0.15) is 13.2 Å². The van der Waals surface area contributed by atoms with Crippen molar-refractivity contribution < 1.29 is 18.3 Å². The average molecular weight is 563 g/mol. The van der Waals surface area contributed by atoms with Crippen LogP contribution < -0.4 is 5.32 Å². The van der Waals surface area contributed by atoms with E-state index in [-0.39, 0.29) is 10.8 Å². The Kier molecular flexibility index (Phi) is 7.25. The van der Waals surface area contributed by atoms with Crippen LogP contribution in [0, 0.1) is 0 Å². The number of aliphatic hydroxyl groups excluding tert-OH is 1. The maximum absolute atomic E-state index is 13.4. The highest BCUT2D eigenvalue weighted by Crippen LogP contribution is 2.39. The number of benzene rings is 1. The van der Waals surface area contributed by atoms with Gasteiger partial charge in [0.2, 0.25) is 0 Å². The van der Waals surface area contributed by atoms with Gasteiger partial charge in [0.05, 0.1) is 23.7 Å². The van der Waals surface area contributed by atoms with E-state index in [0.29, 0.717) is 33.4 Å². The van der Waals surface area contributed by atoms with Gasteiger partial charge in [0.1, 0.15) is 10.8 Å². The number of thiazole rings is 1. The lowest BCUT2D eigenvalue weighted by atomic mass is 10.1. The Morgan fingerprint density at radius 2 is 2.09 bits per heavy atom. The molecule has 1 unspecified atom stereocenters. The van der Waals surface area contributed by atoms with E-state index in [9.17, 15) is 18.3 Å². The van der Waals surface area contributed by atoms with Crippen LogP contribution in [0.2, 0.25) is 5.15 Å². The van der Waals surface area contributed by atoms with Gasteiger partial charge in [0.15, 0.2) is 11.4 Å². The molecule has 2 N–H and O–H groups in total. The molecule has 0 bridgehead atoms. The second-order valence-electron chi connectivity index (χ2n) is 7.79. The third-order valence-electron chi connectivity index (χ3n) is 5.41. The van der Waals surface area contributed by atoms with Crippen molar-refractivity contribution in [3.05, 3.63) is 56.4 Å². The van der Waals surface area contributed by atoms with Crippen molar-refractivity contribution in [1.29, 1.82) is 0 Å². The quantitative estimate of drug-likeness (QED) is 0.353. The molecular weight excluding hydrogens is 543 g/mol. The summed E-state index contributed by atoms with van der Waals surface area (Å²) in [6, 6.07) is 4.13. The Balaban J connectivity index is 1.69. The topological polar surface area (TPSA) is 74.2 Å². The van der Waals surface area contributed by atoms with E-state index in [1.807, 2.05) is 0 Å². The van der Waals surface area contributed by atoms with Crippen molar-refractivity contribution in [1.82, 2.24) is 19.9 Å².